The second-order valence-electron chi connectivity index (χ2n) is 8.14. The van der Waals surface area contributed by atoms with E-state index in [1.165, 1.54) is 6.20 Å². The minimum atomic E-state index is -0.344. The number of H-pyrrole nitrogens is 1. The van der Waals surface area contributed by atoms with Gasteiger partial charge in [-0.15, -0.1) is 0 Å². The molecule has 9 nitrogen and oxygen atoms in total. The van der Waals surface area contributed by atoms with Gasteiger partial charge >= 0.3 is 0 Å². The lowest BCUT2D eigenvalue weighted by atomic mass is 10.1. The molecule has 1 aliphatic heterocycles. The summed E-state index contributed by atoms with van der Waals surface area (Å²) in [4.78, 5) is 39.0. The maximum Gasteiger partial charge on any atom is 0.255 e. The topological polar surface area (TPSA) is 127 Å². The van der Waals surface area contributed by atoms with Gasteiger partial charge < -0.3 is 20.5 Å². The van der Waals surface area contributed by atoms with Crippen LogP contribution in [0.2, 0.25) is 5.02 Å². The number of hydrogen-bond donors (Lipinski definition) is 4. The number of aromatic amines is 1. The molecule has 2 aromatic heterocycles. The normalized spacial score (nSPS) is 14.3. The quantitative estimate of drug-likeness (QED) is 0.397. The molecule has 4 N–H and O–H groups in total. The highest BCUT2D eigenvalue weighted by atomic mass is 35.5. The molecule has 0 bridgehead atoms. The lowest BCUT2D eigenvalue weighted by Crippen LogP contribution is -2.38. The third-order valence-electron chi connectivity index (χ3n) is 5.72. The monoisotopic (exact) mass is 467 g/mol. The maximum atomic E-state index is 12.9. The van der Waals surface area contributed by atoms with E-state index in [1.54, 1.807) is 31.4 Å². The smallest absolute Gasteiger partial charge is 0.255 e. The Bertz CT molecular complexity index is 1220. The van der Waals surface area contributed by atoms with Crippen molar-refractivity contribution < 1.29 is 9.59 Å². The largest absolute Gasteiger partial charge is 0.388 e. The Kier molecular flexibility index (Phi) is 6.60. The van der Waals surface area contributed by atoms with Gasteiger partial charge in [0.1, 0.15) is 11.2 Å². The number of hydrogen-bond acceptors (Lipinski definition) is 6. The highest BCUT2D eigenvalue weighted by Crippen LogP contribution is 2.24. The Morgan fingerprint density at radius 2 is 2.03 bits per heavy atom. The fourth-order valence-electron chi connectivity index (χ4n) is 3.97. The molecule has 0 saturated carbocycles. The molecule has 0 unspecified atom stereocenters. The molecule has 10 heteroatoms. The molecular formula is C23H26ClN7O2. The van der Waals surface area contributed by atoms with Gasteiger partial charge in [-0.3, -0.25) is 15.0 Å². The summed E-state index contributed by atoms with van der Waals surface area (Å²) in [5.41, 5.74) is 2.92. The molecule has 1 aliphatic rings. The van der Waals surface area contributed by atoms with Crippen LogP contribution in [0.5, 0.6) is 0 Å². The summed E-state index contributed by atoms with van der Waals surface area (Å²) in [7, 11) is 1.75. The molecule has 3 aromatic rings. The highest BCUT2D eigenvalue weighted by molar-refractivity contribution is 6.31. The van der Waals surface area contributed by atoms with E-state index in [9.17, 15) is 9.59 Å². The number of likely N-dealkylation sites (tertiary alicyclic amines) is 1. The number of anilines is 1. The molecule has 2 amide bonds. The van der Waals surface area contributed by atoms with Crippen LogP contribution in [0.1, 0.15) is 47.8 Å². The molecule has 3 heterocycles. The van der Waals surface area contributed by atoms with Crippen molar-refractivity contribution in [2.24, 2.45) is 0 Å². The third-order valence-corrected chi connectivity index (χ3v) is 5.95. The summed E-state index contributed by atoms with van der Waals surface area (Å²) in [6, 6.07) is 4.86. The number of nitrogens with one attached hydrogen (secondary N) is 4. The Morgan fingerprint density at radius 1 is 1.27 bits per heavy atom. The number of amides is 2. The van der Waals surface area contributed by atoms with E-state index in [2.05, 4.69) is 25.6 Å². The van der Waals surface area contributed by atoms with Crippen LogP contribution < -0.4 is 10.6 Å². The summed E-state index contributed by atoms with van der Waals surface area (Å²) < 4.78 is 0. The molecular weight excluding hydrogens is 442 g/mol. The van der Waals surface area contributed by atoms with E-state index in [-0.39, 0.29) is 30.0 Å². The molecule has 1 atom stereocenters. The fraction of sp³-hybridized carbons (Fsp3) is 0.348. The first kappa shape index (κ1) is 22.7. The fourth-order valence-corrected chi connectivity index (χ4v) is 4.15. The summed E-state index contributed by atoms with van der Waals surface area (Å²) in [6.45, 7) is 3.39. The van der Waals surface area contributed by atoms with Gasteiger partial charge in [0.2, 0.25) is 5.91 Å². The van der Waals surface area contributed by atoms with Crippen molar-refractivity contribution in [3.63, 3.8) is 0 Å². The molecule has 0 radical (unpaired) electrons. The highest BCUT2D eigenvalue weighted by Gasteiger charge is 2.23. The number of halogens is 1. The average Bonchev–Trinajstić information content (AvgIpc) is 3.48. The van der Waals surface area contributed by atoms with Crippen LogP contribution in [0.4, 0.5) is 5.69 Å². The molecule has 4 rings (SSSR count). The Morgan fingerprint density at radius 3 is 2.76 bits per heavy atom. The van der Waals surface area contributed by atoms with E-state index >= 15 is 0 Å². The predicted molar refractivity (Wildman–Crippen MR) is 128 cm³/mol. The number of aromatic nitrogens is 3. The van der Waals surface area contributed by atoms with Crippen molar-refractivity contribution in [1.29, 1.82) is 5.41 Å². The van der Waals surface area contributed by atoms with Crippen molar-refractivity contribution in [1.82, 2.24) is 25.2 Å². The van der Waals surface area contributed by atoms with Crippen LogP contribution in [0.15, 0.2) is 30.6 Å². The number of benzene rings is 1. The average molecular weight is 468 g/mol. The predicted octanol–water partition coefficient (Wildman–Crippen LogP) is 3.20. The van der Waals surface area contributed by atoms with Crippen LogP contribution in [0, 0.1) is 5.41 Å². The van der Waals surface area contributed by atoms with E-state index in [0.717, 1.165) is 25.9 Å². The van der Waals surface area contributed by atoms with Crippen LogP contribution in [-0.2, 0) is 4.79 Å². The SMILES string of the molecule is CNc1cc(Cl)ccc1C(=N)c1cnc2[nH]cc(C(=O)N[C@H](C)CC(=O)N3CCCC3)c2n1. The van der Waals surface area contributed by atoms with Gasteiger partial charge in [-0.25, -0.2) is 9.97 Å². The number of carbonyl (C=O) groups is 2. The lowest BCUT2D eigenvalue weighted by molar-refractivity contribution is -0.130. The van der Waals surface area contributed by atoms with Crippen LogP contribution in [0.25, 0.3) is 11.2 Å². The van der Waals surface area contributed by atoms with Crippen molar-refractivity contribution in [3.8, 4) is 0 Å². The number of carbonyl (C=O) groups excluding carboxylic acids is 2. The van der Waals surface area contributed by atoms with E-state index in [1.807, 2.05) is 11.8 Å². The minimum absolute atomic E-state index is 0.0538. The zero-order valence-corrected chi connectivity index (χ0v) is 19.3. The molecule has 0 aliphatic carbocycles. The lowest BCUT2D eigenvalue weighted by Gasteiger charge is -2.19. The van der Waals surface area contributed by atoms with Gasteiger partial charge in [-0.05, 0) is 38.0 Å². The van der Waals surface area contributed by atoms with Crippen molar-refractivity contribution in [2.45, 2.75) is 32.2 Å². The zero-order chi connectivity index (χ0) is 23.5. The molecule has 33 heavy (non-hydrogen) atoms. The summed E-state index contributed by atoms with van der Waals surface area (Å²) in [5, 5.41) is 15.1. The molecule has 1 aromatic carbocycles. The summed E-state index contributed by atoms with van der Waals surface area (Å²) >= 11 is 6.06. The van der Waals surface area contributed by atoms with Crippen LogP contribution in [0.3, 0.4) is 0 Å². The Labute approximate surface area is 196 Å². The van der Waals surface area contributed by atoms with Gasteiger partial charge in [-0.1, -0.05) is 11.6 Å². The number of fused-ring (bicyclic) bond motifs is 1. The van der Waals surface area contributed by atoms with Crippen molar-refractivity contribution >= 4 is 46.0 Å². The van der Waals surface area contributed by atoms with Crippen LogP contribution in [-0.4, -0.2) is 63.6 Å². The molecule has 1 saturated heterocycles. The molecule has 1 fully saturated rings. The first-order chi connectivity index (χ1) is 15.9. The maximum absolute atomic E-state index is 12.9. The first-order valence-corrected chi connectivity index (χ1v) is 11.2. The molecule has 172 valence electrons. The summed E-state index contributed by atoms with van der Waals surface area (Å²) in [5.74, 6) is -0.290. The van der Waals surface area contributed by atoms with E-state index in [0.29, 0.717) is 38.7 Å². The van der Waals surface area contributed by atoms with Gasteiger partial charge in [0, 0.05) is 55.1 Å². The molecule has 0 spiro atoms. The third kappa shape index (κ3) is 4.83. The second kappa shape index (κ2) is 9.58. The van der Waals surface area contributed by atoms with Gasteiger partial charge in [0.15, 0.2) is 5.65 Å². The Balaban J connectivity index is 1.53. The van der Waals surface area contributed by atoms with E-state index in [4.69, 9.17) is 17.0 Å². The zero-order valence-electron chi connectivity index (χ0n) is 18.5. The van der Waals surface area contributed by atoms with Crippen LogP contribution >= 0.6 is 11.6 Å². The second-order valence-corrected chi connectivity index (χ2v) is 8.57. The minimum Gasteiger partial charge on any atom is -0.388 e. The van der Waals surface area contributed by atoms with Gasteiger partial charge in [0.25, 0.3) is 5.91 Å². The number of rotatable bonds is 7. The van der Waals surface area contributed by atoms with Crippen molar-refractivity contribution in [2.75, 3.05) is 25.5 Å². The number of nitrogens with zero attached hydrogens (tertiary/aromatic N) is 3. The summed E-state index contributed by atoms with van der Waals surface area (Å²) in [6.07, 6.45) is 5.35. The van der Waals surface area contributed by atoms with Gasteiger partial charge in [0.05, 0.1) is 17.5 Å². The van der Waals surface area contributed by atoms with E-state index < -0.39 is 0 Å². The Hall–Kier alpha value is -3.46. The van der Waals surface area contributed by atoms with Gasteiger partial charge in [-0.2, -0.15) is 0 Å². The van der Waals surface area contributed by atoms with Crippen molar-refractivity contribution in [3.05, 3.63) is 52.4 Å². The standard InChI is InChI=1S/C23H26ClN7O2/c1-13(9-19(32)31-7-3-4-8-31)29-23(33)16-11-27-22-21(16)30-18(12-28-22)20(25)15-6-5-14(24)10-17(15)26-2/h5-6,10-13,25-26H,3-4,7-9H2,1-2H3,(H,27,28)(H,29,33)/t13-/m1/s1. The first-order valence-electron chi connectivity index (χ1n) is 10.9.